The summed E-state index contributed by atoms with van der Waals surface area (Å²) in [5.41, 5.74) is 0. The topological polar surface area (TPSA) is 72.0 Å². The summed E-state index contributed by atoms with van der Waals surface area (Å²) in [6.45, 7) is 9.12. The van der Waals surface area contributed by atoms with E-state index in [1.807, 2.05) is 52.0 Å². The predicted octanol–water partition coefficient (Wildman–Crippen LogP) is 2.17. The van der Waals surface area contributed by atoms with Crippen molar-refractivity contribution in [2.75, 3.05) is 33.0 Å². The summed E-state index contributed by atoms with van der Waals surface area (Å²) >= 11 is 0. The van der Waals surface area contributed by atoms with E-state index in [1.54, 1.807) is 14.2 Å². The van der Waals surface area contributed by atoms with E-state index in [9.17, 15) is 4.21 Å². The number of aliphatic imine (C=N–C) groups is 1. The summed E-state index contributed by atoms with van der Waals surface area (Å²) in [5, 5.41) is 6.39. The van der Waals surface area contributed by atoms with Gasteiger partial charge in [-0.1, -0.05) is 6.07 Å². The molecule has 0 aliphatic rings. The molecule has 0 fully saturated rings. The first kappa shape index (κ1) is 21.3. The van der Waals surface area contributed by atoms with Gasteiger partial charge in [0.15, 0.2) is 5.96 Å². The minimum atomic E-state index is -0.880. The number of hydrogen-bond acceptors (Lipinski definition) is 4. The molecule has 7 heteroatoms. The summed E-state index contributed by atoms with van der Waals surface area (Å²) in [7, 11) is 2.46. The fourth-order valence-electron chi connectivity index (χ4n) is 1.98. The van der Waals surface area contributed by atoms with Crippen molar-refractivity contribution in [1.29, 1.82) is 0 Å². The normalized spacial score (nSPS) is 14.6. The third-order valence-corrected chi connectivity index (χ3v) is 5.36. The largest absolute Gasteiger partial charge is 0.497 e. The molecular formula is C18H31N3O3S. The van der Waals surface area contributed by atoms with Crippen LogP contribution >= 0.6 is 0 Å². The van der Waals surface area contributed by atoms with Gasteiger partial charge in [0, 0.05) is 41.0 Å². The molecule has 0 radical (unpaired) electrons. The summed E-state index contributed by atoms with van der Waals surface area (Å²) in [4.78, 5) is 4.17. The van der Waals surface area contributed by atoms with Crippen molar-refractivity contribution in [2.45, 2.75) is 38.5 Å². The second kappa shape index (κ2) is 10.3. The Morgan fingerprint density at radius 2 is 1.96 bits per heavy atom. The van der Waals surface area contributed by atoms with E-state index < -0.39 is 10.8 Å². The molecule has 0 saturated carbocycles. The van der Waals surface area contributed by atoms with Gasteiger partial charge in [0.05, 0.1) is 13.7 Å². The second-order valence-corrected chi connectivity index (χ2v) is 8.97. The maximum absolute atomic E-state index is 12.0. The lowest BCUT2D eigenvalue weighted by molar-refractivity contribution is 0.223. The van der Waals surface area contributed by atoms with Gasteiger partial charge in [-0.3, -0.25) is 9.20 Å². The van der Waals surface area contributed by atoms with Crippen LogP contribution in [0.15, 0.2) is 29.3 Å². The van der Waals surface area contributed by atoms with Crippen molar-refractivity contribution in [3.8, 4) is 11.5 Å². The van der Waals surface area contributed by atoms with Gasteiger partial charge in [-0.25, -0.2) is 0 Å². The summed E-state index contributed by atoms with van der Waals surface area (Å²) in [5.74, 6) is 2.78. The molecule has 0 aliphatic carbocycles. The quantitative estimate of drug-likeness (QED) is 0.543. The van der Waals surface area contributed by atoms with Gasteiger partial charge in [0.2, 0.25) is 0 Å². The Balaban J connectivity index is 2.37. The molecule has 25 heavy (non-hydrogen) atoms. The molecule has 0 bridgehead atoms. The monoisotopic (exact) mass is 369 g/mol. The van der Waals surface area contributed by atoms with Gasteiger partial charge in [-0.15, -0.1) is 0 Å². The van der Waals surface area contributed by atoms with Crippen molar-refractivity contribution < 1.29 is 13.7 Å². The lowest BCUT2D eigenvalue weighted by atomic mass is 10.3. The Labute approximate surface area is 153 Å². The Kier molecular flexibility index (Phi) is 8.75. The molecule has 0 aliphatic heterocycles. The van der Waals surface area contributed by atoms with Gasteiger partial charge in [0.1, 0.15) is 17.6 Å². The summed E-state index contributed by atoms with van der Waals surface area (Å²) in [6.07, 6.45) is -0.0469. The lowest BCUT2D eigenvalue weighted by Gasteiger charge is -2.20. The van der Waals surface area contributed by atoms with Gasteiger partial charge in [-0.2, -0.15) is 0 Å². The van der Waals surface area contributed by atoms with Gasteiger partial charge < -0.3 is 20.1 Å². The van der Waals surface area contributed by atoms with Crippen LogP contribution in [-0.2, 0) is 10.8 Å². The van der Waals surface area contributed by atoms with Crippen molar-refractivity contribution in [2.24, 2.45) is 4.99 Å². The van der Waals surface area contributed by atoms with E-state index >= 15 is 0 Å². The summed E-state index contributed by atoms with van der Waals surface area (Å²) < 4.78 is 22.9. The van der Waals surface area contributed by atoms with Crippen LogP contribution in [0.25, 0.3) is 0 Å². The number of rotatable bonds is 8. The van der Waals surface area contributed by atoms with Crippen LogP contribution in [0.4, 0.5) is 0 Å². The average Bonchev–Trinajstić information content (AvgIpc) is 2.57. The van der Waals surface area contributed by atoms with Gasteiger partial charge in [0.25, 0.3) is 0 Å². The minimum Gasteiger partial charge on any atom is -0.497 e. The molecule has 142 valence electrons. The molecule has 0 spiro atoms. The Morgan fingerprint density at radius 1 is 1.28 bits per heavy atom. The number of ether oxygens (including phenoxy) is 2. The van der Waals surface area contributed by atoms with Gasteiger partial charge in [-0.05, 0) is 39.8 Å². The minimum absolute atomic E-state index is 0.0469. The van der Waals surface area contributed by atoms with Crippen molar-refractivity contribution in [3.63, 3.8) is 0 Å². The molecule has 0 aromatic heterocycles. The zero-order valence-corrected chi connectivity index (χ0v) is 16.9. The van der Waals surface area contributed by atoms with Crippen LogP contribution in [0.1, 0.15) is 27.7 Å². The highest BCUT2D eigenvalue weighted by atomic mass is 32.2. The van der Waals surface area contributed by atoms with Crippen LogP contribution < -0.4 is 20.1 Å². The zero-order chi connectivity index (χ0) is 18.9. The number of benzene rings is 1. The second-order valence-electron chi connectivity index (χ2n) is 6.65. The van der Waals surface area contributed by atoms with E-state index in [4.69, 9.17) is 9.47 Å². The van der Waals surface area contributed by atoms with Gasteiger partial charge >= 0.3 is 0 Å². The molecule has 6 nitrogen and oxygen atoms in total. The van der Waals surface area contributed by atoms with Crippen LogP contribution in [0.5, 0.6) is 11.5 Å². The molecule has 2 N–H and O–H groups in total. The first-order valence-corrected chi connectivity index (χ1v) is 9.72. The molecule has 0 saturated heterocycles. The van der Waals surface area contributed by atoms with Crippen LogP contribution in [-0.4, -0.2) is 54.0 Å². The number of nitrogens with one attached hydrogen (secondary N) is 2. The molecule has 1 rings (SSSR count). The van der Waals surface area contributed by atoms with Crippen LogP contribution in [0.3, 0.4) is 0 Å². The van der Waals surface area contributed by atoms with Crippen molar-refractivity contribution >= 4 is 16.8 Å². The third-order valence-electron chi connectivity index (χ3n) is 3.42. The lowest BCUT2D eigenvalue weighted by Crippen LogP contribution is -2.43. The predicted molar refractivity (Wildman–Crippen MR) is 105 cm³/mol. The van der Waals surface area contributed by atoms with E-state index in [0.29, 0.717) is 24.8 Å². The van der Waals surface area contributed by atoms with E-state index in [0.717, 1.165) is 11.5 Å². The maximum Gasteiger partial charge on any atom is 0.191 e. The molecule has 2 unspecified atom stereocenters. The van der Waals surface area contributed by atoms with E-state index in [2.05, 4.69) is 15.6 Å². The smallest absolute Gasteiger partial charge is 0.191 e. The van der Waals surface area contributed by atoms with Crippen molar-refractivity contribution in [3.05, 3.63) is 24.3 Å². The third kappa shape index (κ3) is 8.25. The average molecular weight is 370 g/mol. The van der Waals surface area contributed by atoms with E-state index in [-0.39, 0.29) is 10.9 Å². The molecule has 0 amide bonds. The highest BCUT2D eigenvalue weighted by molar-refractivity contribution is 7.86. The van der Waals surface area contributed by atoms with Crippen LogP contribution in [0, 0.1) is 0 Å². The number of nitrogens with zero attached hydrogens (tertiary/aromatic N) is 1. The highest BCUT2D eigenvalue weighted by Gasteiger charge is 2.18. The van der Waals surface area contributed by atoms with Crippen molar-refractivity contribution in [1.82, 2.24) is 10.6 Å². The Bertz CT molecular complexity index is 585. The fraction of sp³-hybridized carbons (Fsp3) is 0.611. The van der Waals surface area contributed by atoms with E-state index in [1.165, 1.54) is 0 Å². The molecule has 1 aromatic carbocycles. The Hall–Kier alpha value is -1.76. The number of hydrogen-bond donors (Lipinski definition) is 2. The zero-order valence-electron chi connectivity index (χ0n) is 16.1. The molecule has 1 aromatic rings. The first-order valence-electron chi connectivity index (χ1n) is 8.40. The van der Waals surface area contributed by atoms with Crippen LogP contribution in [0.2, 0.25) is 0 Å². The maximum atomic E-state index is 12.0. The number of methoxy groups -OCH3 is 1. The first-order chi connectivity index (χ1) is 11.8. The fourth-order valence-corrected chi connectivity index (χ4v) is 2.88. The highest BCUT2D eigenvalue weighted by Crippen LogP contribution is 2.19. The SMILES string of the molecule is CN=C(NCCS(=O)C(C)(C)C)NCC(C)Oc1cccc(OC)c1. The summed E-state index contributed by atoms with van der Waals surface area (Å²) in [6, 6.07) is 7.52. The molecular weight excluding hydrogens is 338 g/mol. The Morgan fingerprint density at radius 3 is 2.56 bits per heavy atom. The molecule has 2 atom stereocenters. The number of guanidine groups is 1. The standard InChI is InChI=1S/C18H31N3O3S/c1-14(24-16-9-7-8-15(12-16)23-6)13-21-17(19-5)20-10-11-25(22)18(2,3)4/h7-9,12,14H,10-11,13H2,1-6H3,(H2,19,20,21). The molecule has 0 heterocycles.